The Bertz CT molecular complexity index is 1030. The molecule has 0 unspecified atom stereocenters. The van der Waals surface area contributed by atoms with Crippen molar-refractivity contribution in [2.75, 3.05) is 11.9 Å². The van der Waals surface area contributed by atoms with Gasteiger partial charge in [-0.15, -0.1) is 0 Å². The Morgan fingerprint density at radius 2 is 1.72 bits per heavy atom. The number of rotatable bonds is 7. The lowest BCUT2D eigenvalue weighted by Crippen LogP contribution is -2.21. The fourth-order valence-corrected chi connectivity index (χ4v) is 2.29. The van der Waals surface area contributed by atoms with Crippen LogP contribution in [-0.2, 0) is 14.3 Å². The molecule has 0 saturated heterocycles. The second kappa shape index (κ2) is 9.58. The number of carbonyl (C=O) groups excluding carboxylic acids is 2. The van der Waals surface area contributed by atoms with Crippen LogP contribution in [0.2, 0.25) is 0 Å². The molecular formula is C22H16N2O5. The summed E-state index contributed by atoms with van der Waals surface area (Å²) in [6, 6.07) is 21.0. The Morgan fingerprint density at radius 1 is 1.00 bits per heavy atom. The summed E-state index contributed by atoms with van der Waals surface area (Å²) in [5.74, 6) is 0.200. The predicted molar refractivity (Wildman–Crippen MR) is 105 cm³/mol. The van der Waals surface area contributed by atoms with Gasteiger partial charge in [0.1, 0.15) is 28.9 Å². The van der Waals surface area contributed by atoms with Gasteiger partial charge in [0, 0.05) is 11.8 Å². The lowest BCUT2D eigenvalue weighted by Gasteiger charge is -2.08. The zero-order valence-electron chi connectivity index (χ0n) is 15.2. The SMILES string of the molecule is N#C/C(=C\c1ccco1)C(=O)OCC(=O)Nc1ccc(Oc2ccccc2)cc1. The fourth-order valence-electron chi connectivity index (χ4n) is 2.29. The van der Waals surface area contributed by atoms with E-state index in [-0.39, 0.29) is 5.57 Å². The third-order valence-electron chi connectivity index (χ3n) is 3.62. The number of hydrogen-bond donors (Lipinski definition) is 1. The van der Waals surface area contributed by atoms with Crippen LogP contribution in [-0.4, -0.2) is 18.5 Å². The number of benzene rings is 2. The van der Waals surface area contributed by atoms with Gasteiger partial charge in [-0.05, 0) is 48.5 Å². The van der Waals surface area contributed by atoms with Crippen LogP contribution in [0.15, 0.2) is 83.0 Å². The van der Waals surface area contributed by atoms with Gasteiger partial charge in [0.25, 0.3) is 5.91 Å². The molecule has 1 amide bonds. The molecule has 1 N–H and O–H groups in total. The number of nitriles is 1. The highest BCUT2D eigenvalue weighted by Crippen LogP contribution is 2.22. The Labute approximate surface area is 166 Å². The zero-order chi connectivity index (χ0) is 20.5. The van der Waals surface area contributed by atoms with Crippen LogP contribution in [0, 0.1) is 11.3 Å². The molecule has 1 heterocycles. The predicted octanol–water partition coefficient (Wildman–Crippen LogP) is 4.16. The summed E-state index contributed by atoms with van der Waals surface area (Å²) in [6.07, 6.45) is 2.65. The largest absolute Gasteiger partial charge is 0.465 e. The minimum absolute atomic E-state index is 0.268. The van der Waals surface area contributed by atoms with E-state index in [2.05, 4.69) is 5.32 Å². The summed E-state index contributed by atoms with van der Waals surface area (Å²) in [5, 5.41) is 11.7. The van der Waals surface area contributed by atoms with Crippen LogP contribution in [0.25, 0.3) is 6.08 Å². The van der Waals surface area contributed by atoms with Crippen molar-refractivity contribution >= 4 is 23.6 Å². The monoisotopic (exact) mass is 388 g/mol. The van der Waals surface area contributed by atoms with E-state index in [1.54, 1.807) is 42.5 Å². The molecule has 0 aliphatic rings. The summed E-state index contributed by atoms with van der Waals surface area (Å²) < 4.78 is 15.6. The van der Waals surface area contributed by atoms with E-state index in [0.29, 0.717) is 22.9 Å². The van der Waals surface area contributed by atoms with Crippen molar-refractivity contribution in [1.29, 1.82) is 5.26 Å². The molecule has 0 aliphatic carbocycles. The van der Waals surface area contributed by atoms with Crippen LogP contribution >= 0.6 is 0 Å². The standard InChI is InChI=1S/C22H16N2O5/c23-14-16(13-20-7-4-12-27-20)22(26)28-15-21(25)24-17-8-10-19(11-9-17)29-18-5-2-1-3-6-18/h1-13H,15H2,(H,24,25)/b16-13+. The first-order chi connectivity index (χ1) is 14.1. The Balaban J connectivity index is 1.50. The van der Waals surface area contributed by atoms with Crippen LogP contribution in [0.3, 0.4) is 0 Å². The second-order valence-electron chi connectivity index (χ2n) is 5.75. The number of hydrogen-bond acceptors (Lipinski definition) is 6. The molecule has 0 atom stereocenters. The molecule has 3 rings (SSSR count). The summed E-state index contributed by atoms with van der Waals surface area (Å²) in [7, 11) is 0. The molecule has 7 heteroatoms. The van der Waals surface area contributed by atoms with E-state index in [1.807, 2.05) is 30.3 Å². The van der Waals surface area contributed by atoms with Crippen LogP contribution in [0.5, 0.6) is 11.5 Å². The van der Waals surface area contributed by atoms with Crippen molar-refractivity contribution in [2.24, 2.45) is 0 Å². The van der Waals surface area contributed by atoms with E-state index in [4.69, 9.17) is 19.2 Å². The Kier molecular flexibility index (Phi) is 6.42. The molecular weight excluding hydrogens is 372 g/mol. The number of amides is 1. The number of nitrogens with one attached hydrogen (secondary N) is 1. The molecule has 7 nitrogen and oxygen atoms in total. The molecule has 0 saturated carbocycles. The van der Waals surface area contributed by atoms with Gasteiger partial charge in [0.2, 0.25) is 0 Å². The number of furan rings is 1. The lowest BCUT2D eigenvalue weighted by atomic mass is 10.2. The van der Waals surface area contributed by atoms with Crippen molar-refractivity contribution in [3.63, 3.8) is 0 Å². The molecule has 0 fully saturated rings. The third kappa shape index (κ3) is 5.84. The van der Waals surface area contributed by atoms with Gasteiger partial charge in [-0.3, -0.25) is 4.79 Å². The fraction of sp³-hybridized carbons (Fsp3) is 0.0455. The van der Waals surface area contributed by atoms with Gasteiger partial charge in [0.05, 0.1) is 6.26 Å². The summed E-state index contributed by atoms with van der Waals surface area (Å²) in [4.78, 5) is 23.9. The number of para-hydroxylation sites is 1. The van der Waals surface area contributed by atoms with Crippen LogP contribution in [0.1, 0.15) is 5.76 Å². The average Bonchev–Trinajstić information content (AvgIpc) is 3.26. The Hall–Kier alpha value is -4.31. The number of nitrogens with zero attached hydrogens (tertiary/aromatic N) is 1. The maximum atomic E-state index is 12.0. The summed E-state index contributed by atoms with van der Waals surface area (Å²) in [5.41, 5.74) is 0.244. The van der Waals surface area contributed by atoms with Crippen LogP contribution in [0.4, 0.5) is 5.69 Å². The highest BCUT2D eigenvalue weighted by Gasteiger charge is 2.14. The zero-order valence-corrected chi connectivity index (χ0v) is 15.2. The molecule has 2 aromatic carbocycles. The molecule has 3 aromatic rings. The minimum atomic E-state index is -0.911. The average molecular weight is 388 g/mol. The smallest absolute Gasteiger partial charge is 0.349 e. The number of ether oxygens (including phenoxy) is 2. The first kappa shape index (κ1) is 19.5. The topological polar surface area (TPSA) is 102 Å². The van der Waals surface area contributed by atoms with Crippen molar-refractivity contribution in [3.8, 4) is 17.6 Å². The van der Waals surface area contributed by atoms with Gasteiger partial charge in [-0.2, -0.15) is 5.26 Å². The third-order valence-corrected chi connectivity index (χ3v) is 3.62. The van der Waals surface area contributed by atoms with Crippen molar-refractivity contribution < 1.29 is 23.5 Å². The highest BCUT2D eigenvalue weighted by atomic mass is 16.5. The highest BCUT2D eigenvalue weighted by molar-refractivity contribution is 5.99. The number of anilines is 1. The van der Waals surface area contributed by atoms with E-state index in [9.17, 15) is 9.59 Å². The maximum Gasteiger partial charge on any atom is 0.349 e. The van der Waals surface area contributed by atoms with E-state index in [1.165, 1.54) is 12.3 Å². The maximum absolute atomic E-state index is 12.0. The quantitative estimate of drug-likeness (QED) is 0.370. The number of carbonyl (C=O) groups is 2. The van der Waals surface area contributed by atoms with E-state index >= 15 is 0 Å². The molecule has 0 aliphatic heterocycles. The first-order valence-electron chi connectivity index (χ1n) is 8.59. The summed E-state index contributed by atoms with van der Waals surface area (Å²) in [6.45, 7) is -0.529. The molecule has 0 bridgehead atoms. The lowest BCUT2D eigenvalue weighted by molar-refractivity contribution is -0.142. The second-order valence-corrected chi connectivity index (χ2v) is 5.75. The summed E-state index contributed by atoms with van der Waals surface area (Å²) >= 11 is 0. The molecule has 0 radical (unpaired) electrons. The minimum Gasteiger partial charge on any atom is -0.465 e. The first-order valence-corrected chi connectivity index (χ1v) is 8.59. The van der Waals surface area contributed by atoms with Gasteiger partial charge in [-0.25, -0.2) is 4.79 Å². The normalized spacial score (nSPS) is 10.7. The molecule has 0 spiro atoms. The van der Waals surface area contributed by atoms with Crippen molar-refractivity contribution in [2.45, 2.75) is 0 Å². The molecule has 29 heavy (non-hydrogen) atoms. The van der Waals surface area contributed by atoms with Gasteiger partial charge >= 0.3 is 5.97 Å². The van der Waals surface area contributed by atoms with Gasteiger partial charge in [-0.1, -0.05) is 18.2 Å². The van der Waals surface area contributed by atoms with Crippen LogP contribution < -0.4 is 10.1 Å². The van der Waals surface area contributed by atoms with Crippen molar-refractivity contribution in [3.05, 3.63) is 84.3 Å². The molecule has 1 aromatic heterocycles. The van der Waals surface area contributed by atoms with E-state index < -0.39 is 18.5 Å². The molecule has 144 valence electrons. The number of esters is 1. The van der Waals surface area contributed by atoms with E-state index in [0.717, 1.165) is 0 Å². The van der Waals surface area contributed by atoms with Crippen molar-refractivity contribution in [1.82, 2.24) is 0 Å². The Morgan fingerprint density at radius 3 is 2.38 bits per heavy atom. The van der Waals surface area contributed by atoms with Gasteiger partial charge in [0.15, 0.2) is 6.61 Å². The van der Waals surface area contributed by atoms with Gasteiger partial charge < -0.3 is 19.2 Å².